The van der Waals surface area contributed by atoms with E-state index in [1.165, 1.54) is 5.56 Å². The molecule has 0 spiro atoms. The van der Waals surface area contributed by atoms with Crippen LogP contribution in [0.4, 0.5) is 4.79 Å². The molecule has 0 radical (unpaired) electrons. The maximum Gasteiger partial charge on any atom is 0.407 e. The van der Waals surface area contributed by atoms with E-state index in [0.29, 0.717) is 6.04 Å². The molecule has 0 bridgehead atoms. The molecule has 0 aromatic carbocycles. The Kier molecular flexibility index (Phi) is 5.68. The summed E-state index contributed by atoms with van der Waals surface area (Å²) in [6.07, 6.45) is 6.81. The van der Waals surface area contributed by atoms with Crippen molar-refractivity contribution in [2.45, 2.75) is 84.2 Å². The summed E-state index contributed by atoms with van der Waals surface area (Å²) < 4.78 is 7.31. The van der Waals surface area contributed by atoms with Gasteiger partial charge in [0.25, 0.3) is 0 Å². The van der Waals surface area contributed by atoms with Crippen LogP contribution in [-0.4, -0.2) is 33.6 Å². The van der Waals surface area contributed by atoms with E-state index in [9.17, 15) is 4.79 Å². The quantitative estimate of drug-likeness (QED) is 0.874. The van der Waals surface area contributed by atoms with Crippen LogP contribution in [-0.2, 0) is 11.3 Å². The van der Waals surface area contributed by atoms with Crippen LogP contribution in [0, 0.1) is 0 Å². The Bertz CT molecular complexity index is 519. The van der Waals surface area contributed by atoms with Crippen molar-refractivity contribution in [3.8, 4) is 0 Å². The third-order valence-electron chi connectivity index (χ3n) is 3.97. The Labute approximate surface area is 139 Å². The Balaban J connectivity index is 1.83. The summed E-state index contributed by atoms with van der Waals surface area (Å²) in [5.41, 5.74) is 0.707. The van der Waals surface area contributed by atoms with Gasteiger partial charge in [-0.15, -0.1) is 0 Å². The number of carbonyl (C=O) groups excluding carboxylic acids is 1. The molecule has 6 heteroatoms. The predicted molar refractivity (Wildman–Crippen MR) is 90.2 cm³/mol. The first-order valence-electron chi connectivity index (χ1n) is 8.50. The zero-order valence-corrected chi connectivity index (χ0v) is 14.9. The predicted octanol–water partition coefficient (Wildman–Crippen LogP) is 3.00. The molecule has 1 amide bonds. The molecule has 1 heterocycles. The number of carbonyl (C=O) groups is 1. The number of nitrogens with zero attached hydrogens (tertiary/aromatic N) is 2. The Morgan fingerprint density at radius 2 is 2.09 bits per heavy atom. The van der Waals surface area contributed by atoms with Gasteiger partial charge in [-0.1, -0.05) is 0 Å². The maximum absolute atomic E-state index is 11.9. The lowest BCUT2D eigenvalue weighted by Crippen LogP contribution is -2.47. The highest BCUT2D eigenvalue weighted by molar-refractivity contribution is 5.68. The summed E-state index contributed by atoms with van der Waals surface area (Å²) >= 11 is 0. The molecule has 0 saturated heterocycles. The van der Waals surface area contributed by atoms with Gasteiger partial charge in [0.15, 0.2) is 0 Å². The average molecular weight is 322 g/mol. The second-order valence-corrected chi connectivity index (χ2v) is 7.59. The molecule has 130 valence electrons. The molecule has 6 nitrogen and oxygen atoms in total. The van der Waals surface area contributed by atoms with Crippen LogP contribution in [0.5, 0.6) is 0 Å². The minimum atomic E-state index is -0.461. The van der Waals surface area contributed by atoms with Gasteiger partial charge >= 0.3 is 6.09 Å². The molecule has 2 unspecified atom stereocenters. The number of hydrogen-bond donors (Lipinski definition) is 2. The lowest BCUT2D eigenvalue weighted by molar-refractivity contribution is 0.0498. The summed E-state index contributed by atoms with van der Waals surface area (Å²) in [6.45, 7) is 10.6. The van der Waals surface area contributed by atoms with Crippen molar-refractivity contribution in [1.29, 1.82) is 0 Å². The van der Waals surface area contributed by atoms with Gasteiger partial charge in [0.05, 0.1) is 6.20 Å². The fourth-order valence-corrected chi connectivity index (χ4v) is 2.84. The molecular formula is C17H30N4O2. The van der Waals surface area contributed by atoms with E-state index in [4.69, 9.17) is 4.74 Å². The molecule has 1 aliphatic carbocycles. The second kappa shape index (κ2) is 7.34. The fraction of sp³-hybridized carbons (Fsp3) is 0.765. The summed E-state index contributed by atoms with van der Waals surface area (Å²) in [6, 6.07) is 0.784. The minimum Gasteiger partial charge on any atom is -0.444 e. The highest BCUT2D eigenvalue weighted by atomic mass is 16.6. The highest BCUT2D eigenvalue weighted by Gasteiger charge is 2.29. The number of aromatic nitrogens is 2. The number of ether oxygens (including phenoxy) is 1. The summed E-state index contributed by atoms with van der Waals surface area (Å²) in [5.74, 6) is 0. The number of hydrogen-bond acceptors (Lipinski definition) is 4. The first-order chi connectivity index (χ1) is 10.7. The molecule has 23 heavy (non-hydrogen) atoms. The third kappa shape index (κ3) is 5.53. The van der Waals surface area contributed by atoms with Crippen LogP contribution in [0.1, 0.15) is 65.5 Å². The largest absolute Gasteiger partial charge is 0.444 e. The zero-order valence-electron chi connectivity index (χ0n) is 14.9. The van der Waals surface area contributed by atoms with E-state index in [1.54, 1.807) is 0 Å². The Morgan fingerprint density at radius 1 is 1.39 bits per heavy atom. The van der Waals surface area contributed by atoms with Crippen LogP contribution in [0.15, 0.2) is 12.4 Å². The molecular weight excluding hydrogens is 292 g/mol. The summed E-state index contributed by atoms with van der Waals surface area (Å²) in [7, 11) is 0. The third-order valence-corrected chi connectivity index (χ3v) is 3.97. The fourth-order valence-electron chi connectivity index (χ4n) is 2.84. The number of alkyl carbamates (subject to hydrolysis) is 1. The maximum atomic E-state index is 11.9. The normalized spacial score (nSPS) is 21.7. The van der Waals surface area contributed by atoms with Gasteiger partial charge in [-0.2, -0.15) is 5.10 Å². The van der Waals surface area contributed by atoms with E-state index in [2.05, 4.69) is 35.8 Å². The van der Waals surface area contributed by atoms with Gasteiger partial charge in [-0.25, -0.2) is 4.79 Å². The highest BCUT2D eigenvalue weighted by Crippen LogP contribution is 2.20. The second-order valence-electron chi connectivity index (χ2n) is 7.59. The van der Waals surface area contributed by atoms with Crippen molar-refractivity contribution < 1.29 is 9.53 Å². The lowest BCUT2D eigenvalue weighted by Gasteiger charge is -2.25. The average Bonchev–Trinajstić information content (AvgIpc) is 3.02. The SMILES string of the molecule is CC(C)n1cc(CNC2CCCC2NC(=O)OC(C)(C)C)cn1. The van der Waals surface area contributed by atoms with Gasteiger partial charge in [-0.3, -0.25) is 4.68 Å². The van der Waals surface area contributed by atoms with Gasteiger partial charge in [0.1, 0.15) is 5.60 Å². The number of nitrogens with one attached hydrogen (secondary N) is 2. The Morgan fingerprint density at radius 3 is 2.70 bits per heavy atom. The van der Waals surface area contributed by atoms with Gasteiger partial charge < -0.3 is 15.4 Å². The van der Waals surface area contributed by atoms with Crippen molar-refractivity contribution in [2.75, 3.05) is 0 Å². The van der Waals surface area contributed by atoms with Crippen LogP contribution in [0.3, 0.4) is 0 Å². The van der Waals surface area contributed by atoms with Crippen LogP contribution in [0.2, 0.25) is 0 Å². The van der Waals surface area contributed by atoms with Crippen molar-refractivity contribution in [2.24, 2.45) is 0 Å². The van der Waals surface area contributed by atoms with Crippen molar-refractivity contribution in [1.82, 2.24) is 20.4 Å². The first kappa shape index (κ1) is 17.8. The zero-order chi connectivity index (χ0) is 17.0. The van der Waals surface area contributed by atoms with Crippen LogP contribution in [0.25, 0.3) is 0 Å². The van der Waals surface area contributed by atoms with E-state index in [-0.39, 0.29) is 18.2 Å². The Hall–Kier alpha value is -1.56. The van der Waals surface area contributed by atoms with E-state index >= 15 is 0 Å². The van der Waals surface area contributed by atoms with Crippen molar-refractivity contribution in [3.05, 3.63) is 18.0 Å². The van der Waals surface area contributed by atoms with Gasteiger partial charge in [0, 0.05) is 36.4 Å². The van der Waals surface area contributed by atoms with E-state index in [1.807, 2.05) is 31.6 Å². The van der Waals surface area contributed by atoms with E-state index in [0.717, 1.165) is 25.8 Å². The number of rotatable bonds is 5. The van der Waals surface area contributed by atoms with Gasteiger partial charge in [0.2, 0.25) is 0 Å². The molecule has 1 aliphatic rings. The molecule has 2 rings (SSSR count). The van der Waals surface area contributed by atoms with Crippen LogP contribution < -0.4 is 10.6 Å². The molecule has 1 saturated carbocycles. The number of amides is 1. The molecule has 0 aliphatic heterocycles. The van der Waals surface area contributed by atoms with Crippen molar-refractivity contribution in [3.63, 3.8) is 0 Å². The minimum absolute atomic E-state index is 0.130. The van der Waals surface area contributed by atoms with Gasteiger partial charge in [-0.05, 0) is 53.9 Å². The van der Waals surface area contributed by atoms with Crippen molar-refractivity contribution >= 4 is 6.09 Å². The molecule has 1 aromatic rings. The summed E-state index contributed by atoms with van der Waals surface area (Å²) in [4.78, 5) is 11.9. The van der Waals surface area contributed by atoms with E-state index < -0.39 is 5.60 Å². The topological polar surface area (TPSA) is 68.2 Å². The molecule has 2 N–H and O–H groups in total. The monoisotopic (exact) mass is 322 g/mol. The smallest absolute Gasteiger partial charge is 0.407 e. The molecule has 1 aromatic heterocycles. The first-order valence-corrected chi connectivity index (χ1v) is 8.50. The lowest BCUT2D eigenvalue weighted by atomic mass is 10.1. The molecule has 1 fully saturated rings. The summed E-state index contributed by atoms with van der Waals surface area (Å²) in [5, 5.41) is 10.9. The standard InChI is InChI=1S/C17H30N4O2/c1-12(2)21-11-13(10-19-21)9-18-14-7-6-8-15(14)20-16(22)23-17(3,4)5/h10-12,14-15,18H,6-9H2,1-5H3,(H,20,22). The van der Waals surface area contributed by atoms with Crippen LogP contribution >= 0.6 is 0 Å². The molecule has 2 atom stereocenters.